The van der Waals surface area contributed by atoms with Crippen LogP contribution in [0, 0.1) is 5.82 Å². The van der Waals surface area contributed by atoms with Crippen LogP contribution in [0.25, 0.3) is 21.9 Å². The Morgan fingerprint density at radius 2 is 1.64 bits per heavy atom. The lowest BCUT2D eigenvalue weighted by Gasteiger charge is -2.10. The van der Waals surface area contributed by atoms with E-state index in [9.17, 15) is 17.6 Å². The minimum absolute atomic E-state index is 0.274. The van der Waals surface area contributed by atoms with E-state index < -0.39 is 17.6 Å². The van der Waals surface area contributed by atoms with Gasteiger partial charge in [-0.25, -0.2) is 4.39 Å². The molecule has 3 aromatic carbocycles. The quantitative estimate of drug-likeness (QED) is 0.402. The van der Waals surface area contributed by atoms with Crippen molar-refractivity contribution in [2.24, 2.45) is 0 Å². The molecule has 0 aliphatic carbocycles. The normalized spacial score (nSPS) is 11.5. The first-order valence-electron chi connectivity index (χ1n) is 7.53. The molecule has 128 valence electrons. The van der Waals surface area contributed by atoms with E-state index in [-0.39, 0.29) is 6.61 Å². The Bertz CT molecular complexity index is 929. The average molecular weight is 346 g/mol. The van der Waals surface area contributed by atoms with Crippen molar-refractivity contribution in [2.75, 3.05) is 6.61 Å². The maximum Gasteiger partial charge on any atom is 0.416 e. The number of ether oxygens (including phenoxy) is 1. The van der Waals surface area contributed by atoms with Gasteiger partial charge in [0.05, 0.1) is 5.56 Å². The zero-order valence-electron chi connectivity index (χ0n) is 13.1. The molecule has 1 nitrogen and oxygen atoms in total. The van der Waals surface area contributed by atoms with Crippen LogP contribution in [0.2, 0.25) is 0 Å². The van der Waals surface area contributed by atoms with Gasteiger partial charge in [0.25, 0.3) is 0 Å². The Morgan fingerprint density at radius 1 is 0.920 bits per heavy atom. The summed E-state index contributed by atoms with van der Waals surface area (Å²) in [5.74, 6) is -0.0791. The van der Waals surface area contributed by atoms with Gasteiger partial charge in [-0.1, -0.05) is 30.9 Å². The van der Waals surface area contributed by atoms with Crippen LogP contribution in [-0.2, 0) is 6.18 Å². The van der Waals surface area contributed by atoms with Gasteiger partial charge in [0, 0.05) is 11.6 Å². The van der Waals surface area contributed by atoms with Crippen LogP contribution in [-0.4, -0.2) is 6.61 Å². The molecule has 0 saturated heterocycles. The van der Waals surface area contributed by atoms with Crippen LogP contribution < -0.4 is 4.74 Å². The van der Waals surface area contributed by atoms with Crippen LogP contribution in [0.4, 0.5) is 17.6 Å². The molecule has 0 N–H and O–H groups in total. The molecule has 3 aromatic rings. The highest BCUT2D eigenvalue weighted by atomic mass is 19.4. The minimum atomic E-state index is -4.39. The maximum atomic E-state index is 14.3. The van der Waals surface area contributed by atoms with Crippen molar-refractivity contribution in [3.8, 4) is 16.9 Å². The van der Waals surface area contributed by atoms with Gasteiger partial charge < -0.3 is 4.74 Å². The Labute approximate surface area is 142 Å². The fourth-order valence-corrected chi connectivity index (χ4v) is 2.56. The smallest absolute Gasteiger partial charge is 0.416 e. The summed E-state index contributed by atoms with van der Waals surface area (Å²) in [4.78, 5) is 0. The van der Waals surface area contributed by atoms with Gasteiger partial charge in [0.2, 0.25) is 0 Å². The van der Waals surface area contributed by atoms with Crippen molar-refractivity contribution in [1.82, 2.24) is 0 Å². The molecule has 0 atom stereocenters. The highest BCUT2D eigenvalue weighted by Gasteiger charge is 2.30. The highest BCUT2D eigenvalue weighted by Crippen LogP contribution is 2.33. The predicted octanol–water partition coefficient (Wildman–Crippen LogP) is 6.23. The van der Waals surface area contributed by atoms with Crippen molar-refractivity contribution in [2.45, 2.75) is 6.18 Å². The van der Waals surface area contributed by atoms with E-state index in [0.29, 0.717) is 27.6 Å². The zero-order chi connectivity index (χ0) is 18.0. The number of alkyl halides is 3. The van der Waals surface area contributed by atoms with E-state index in [2.05, 4.69) is 6.58 Å². The Hall–Kier alpha value is -2.82. The Balaban J connectivity index is 1.98. The number of fused-ring (bicyclic) bond motifs is 1. The van der Waals surface area contributed by atoms with Crippen molar-refractivity contribution in [3.63, 3.8) is 0 Å². The first-order chi connectivity index (χ1) is 11.9. The van der Waals surface area contributed by atoms with Crippen LogP contribution in [0.3, 0.4) is 0 Å². The van der Waals surface area contributed by atoms with Gasteiger partial charge in [-0.2, -0.15) is 13.2 Å². The third-order valence-corrected chi connectivity index (χ3v) is 3.79. The zero-order valence-corrected chi connectivity index (χ0v) is 13.1. The van der Waals surface area contributed by atoms with Gasteiger partial charge >= 0.3 is 6.18 Å². The summed E-state index contributed by atoms with van der Waals surface area (Å²) in [6.45, 7) is 3.80. The summed E-state index contributed by atoms with van der Waals surface area (Å²) in [5, 5.41) is 1.06. The molecule has 3 rings (SSSR count). The van der Waals surface area contributed by atoms with E-state index in [0.717, 1.165) is 12.1 Å². The van der Waals surface area contributed by atoms with E-state index in [4.69, 9.17) is 4.74 Å². The lowest BCUT2D eigenvalue weighted by Crippen LogP contribution is -2.04. The molecule has 0 saturated carbocycles. The fourth-order valence-electron chi connectivity index (χ4n) is 2.56. The summed E-state index contributed by atoms with van der Waals surface area (Å²) in [5.41, 5.74) is 0.232. The van der Waals surface area contributed by atoms with Gasteiger partial charge in [0.15, 0.2) is 0 Å². The van der Waals surface area contributed by atoms with Gasteiger partial charge in [-0.05, 0) is 46.7 Å². The van der Waals surface area contributed by atoms with Crippen molar-refractivity contribution < 1.29 is 22.3 Å². The third-order valence-electron chi connectivity index (χ3n) is 3.79. The standard InChI is InChI=1S/C20H14F4O/c1-2-9-25-17-7-8-18(19(21)12-17)15-4-3-14-11-16(20(22,23)24)6-5-13(14)10-15/h2-8,10-12H,1,9H2. The van der Waals surface area contributed by atoms with Crippen LogP contribution in [0.15, 0.2) is 67.3 Å². The number of hydrogen-bond donors (Lipinski definition) is 0. The lowest BCUT2D eigenvalue weighted by atomic mass is 9.99. The molecule has 0 aromatic heterocycles. The van der Waals surface area contributed by atoms with E-state index >= 15 is 0 Å². The molecular formula is C20H14F4O. The van der Waals surface area contributed by atoms with E-state index in [1.807, 2.05) is 0 Å². The van der Waals surface area contributed by atoms with Crippen LogP contribution in [0.5, 0.6) is 5.75 Å². The summed E-state index contributed by atoms with van der Waals surface area (Å²) >= 11 is 0. The van der Waals surface area contributed by atoms with E-state index in [1.165, 1.54) is 12.1 Å². The Morgan fingerprint density at radius 3 is 2.32 bits per heavy atom. The summed E-state index contributed by atoms with van der Waals surface area (Å²) in [6, 6.07) is 12.8. The molecule has 0 radical (unpaired) electrons. The second-order valence-corrected chi connectivity index (χ2v) is 5.52. The van der Waals surface area contributed by atoms with E-state index in [1.54, 1.807) is 36.4 Å². The van der Waals surface area contributed by atoms with Crippen LogP contribution >= 0.6 is 0 Å². The molecule has 0 bridgehead atoms. The van der Waals surface area contributed by atoms with Crippen molar-refractivity contribution in [1.29, 1.82) is 0 Å². The number of benzene rings is 3. The summed E-state index contributed by atoms with van der Waals surface area (Å²) in [6.07, 6.45) is -2.83. The second-order valence-electron chi connectivity index (χ2n) is 5.52. The molecule has 0 aliphatic heterocycles. The molecule has 0 aliphatic rings. The SMILES string of the molecule is C=CCOc1ccc(-c2ccc3cc(C(F)(F)F)ccc3c2)c(F)c1. The first-order valence-corrected chi connectivity index (χ1v) is 7.53. The molecule has 5 heteroatoms. The molecule has 0 spiro atoms. The maximum absolute atomic E-state index is 14.3. The number of halogens is 4. The Kier molecular flexibility index (Phi) is 4.49. The van der Waals surface area contributed by atoms with Gasteiger partial charge in [-0.15, -0.1) is 0 Å². The van der Waals surface area contributed by atoms with Gasteiger partial charge in [0.1, 0.15) is 18.2 Å². The topological polar surface area (TPSA) is 9.23 Å². The number of rotatable bonds is 4. The molecule has 0 heterocycles. The fraction of sp³-hybridized carbons (Fsp3) is 0.100. The summed E-state index contributed by atoms with van der Waals surface area (Å²) in [7, 11) is 0. The van der Waals surface area contributed by atoms with Crippen molar-refractivity contribution in [3.05, 3.63) is 78.6 Å². The molecular weight excluding hydrogens is 332 g/mol. The molecule has 0 amide bonds. The minimum Gasteiger partial charge on any atom is -0.489 e. The summed E-state index contributed by atoms with van der Waals surface area (Å²) < 4.78 is 57.9. The molecule has 0 fully saturated rings. The largest absolute Gasteiger partial charge is 0.489 e. The first kappa shape index (κ1) is 17.0. The average Bonchev–Trinajstić information content (AvgIpc) is 2.58. The van der Waals surface area contributed by atoms with Crippen molar-refractivity contribution >= 4 is 10.8 Å². The van der Waals surface area contributed by atoms with Gasteiger partial charge in [-0.3, -0.25) is 0 Å². The molecule has 0 unspecified atom stereocenters. The molecule has 25 heavy (non-hydrogen) atoms. The predicted molar refractivity (Wildman–Crippen MR) is 90.0 cm³/mol. The monoisotopic (exact) mass is 346 g/mol. The third kappa shape index (κ3) is 3.65. The highest BCUT2D eigenvalue weighted by molar-refractivity contribution is 5.88. The van der Waals surface area contributed by atoms with Crippen LogP contribution in [0.1, 0.15) is 5.56 Å². The number of hydrogen-bond acceptors (Lipinski definition) is 1. The lowest BCUT2D eigenvalue weighted by molar-refractivity contribution is -0.137. The second kappa shape index (κ2) is 6.59.